The maximum Gasteiger partial charge on any atom is 0.394 e. The van der Waals surface area contributed by atoms with Crippen LogP contribution in [0.15, 0.2) is 60.7 Å². The number of alkyl halides is 2. The van der Waals surface area contributed by atoms with Crippen LogP contribution in [0.3, 0.4) is 0 Å². The van der Waals surface area contributed by atoms with Gasteiger partial charge in [-0.3, -0.25) is 9.59 Å². The van der Waals surface area contributed by atoms with Gasteiger partial charge in [0.15, 0.2) is 0 Å². The van der Waals surface area contributed by atoms with Crippen molar-refractivity contribution < 1.29 is 37.7 Å². The Labute approximate surface area is 242 Å². The molecule has 0 radical (unpaired) electrons. The molecule has 0 fully saturated rings. The molecular formula is C30H31ClF2N2O6. The minimum atomic E-state index is -3.37. The Morgan fingerprint density at radius 2 is 1.78 bits per heavy atom. The lowest BCUT2D eigenvalue weighted by Gasteiger charge is -2.33. The first-order chi connectivity index (χ1) is 19.4. The van der Waals surface area contributed by atoms with Crippen LogP contribution in [0.25, 0.3) is 0 Å². The van der Waals surface area contributed by atoms with Crippen LogP contribution in [0.4, 0.5) is 20.2 Å². The highest BCUT2D eigenvalue weighted by Gasteiger charge is 2.35. The van der Waals surface area contributed by atoms with Gasteiger partial charge >= 0.3 is 12.1 Å². The van der Waals surface area contributed by atoms with Crippen molar-refractivity contribution >= 4 is 34.9 Å². The number of carboxylic acid groups (broad SMARTS) is 1. The van der Waals surface area contributed by atoms with Crippen LogP contribution in [0.5, 0.6) is 17.2 Å². The number of hydrogen-bond donors (Lipinski definition) is 1. The van der Waals surface area contributed by atoms with Crippen molar-refractivity contribution in [3.63, 3.8) is 0 Å². The van der Waals surface area contributed by atoms with Gasteiger partial charge in [0.25, 0.3) is 5.91 Å². The Morgan fingerprint density at radius 1 is 1.07 bits per heavy atom. The first kappa shape index (κ1) is 29.9. The second-order valence-electron chi connectivity index (χ2n) is 9.72. The van der Waals surface area contributed by atoms with Crippen molar-refractivity contribution in [1.29, 1.82) is 0 Å². The summed E-state index contributed by atoms with van der Waals surface area (Å²) in [5.41, 5.74) is 2.63. The van der Waals surface area contributed by atoms with Crippen molar-refractivity contribution in [3.05, 3.63) is 76.8 Å². The number of nitrogens with zero attached hydrogens (tertiary/aromatic N) is 2. The maximum absolute atomic E-state index is 14.3. The lowest BCUT2D eigenvalue weighted by Crippen LogP contribution is -2.41. The van der Waals surface area contributed by atoms with Crippen LogP contribution >= 0.6 is 11.6 Å². The number of benzene rings is 3. The summed E-state index contributed by atoms with van der Waals surface area (Å²) in [5.74, 6) is -0.286. The topological polar surface area (TPSA) is 88.5 Å². The number of fused-ring (bicyclic) bond motifs is 1. The van der Waals surface area contributed by atoms with E-state index in [9.17, 15) is 18.4 Å². The molecule has 0 aliphatic carbocycles. The molecule has 1 unspecified atom stereocenters. The fourth-order valence-electron chi connectivity index (χ4n) is 4.71. The van der Waals surface area contributed by atoms with Gasteiger partial charge in [-0.15, -0.1) is 0 Å². The quantitative estimate of drug-likeness (QED) is 0.247. The molecule has 0 spiro atoms. The number of rotatable bonds is 12. The van der Waals surface area contributed by atoms with E-state index in [2.05, 4.69) is 0 Å². The smallest absolute Gasteiger partial charge is 0.394 e. The van der Waals surface area contributed by atoms with Gasteiger partial charge in [0.1, 0.15) is 23.3 Å². The molecule has 1 heterocycles. The summed E-state index contributed by atoms with van der Waals surface area (Å²) in [6.45, 7) is 1.22. The number of aliphatic carboxylic acids is 1. The van der Waals surface area contributed by atoms with Gasteiger partial charge in [-0.05, 0) is 42.2 Å². The molecule has 0 aromatic heterocycles. The summed E-state index contributed by atoms with van der Waals surface area (Å²) < 4.78 is 43.1. The summed E-state index contributed by atoms with van der Waals surface area (Å²) in [5, 5.41) is 9.41. The fraction of sp³-hybridized carbons (Fsp3) is 0.333. The summed E-state index contributed by atoms with van der Waals surface area (Å²) in [4.78, 5) is 28.5. The minimum absolute atomic E-state index is 0.0240. The number of anilines is 2. The zero-order valence-electron chi connectivity index (χ0n) is 22.9. The molecule has 41 heavy (non-hydrogen) atoms. The van der Waals surface area contributed by atoms with Crippen molar-refractivity contribution in [2.24, 2.45) is 0 Å². The molecule has 8 nitrogen and oxygen atoms in total. The van der Waals surface area contributed by atoms with E-state index in [0.717, 1.165) is 5.56 Å². The Morgan fingerprint density at radius 3 is 2.44 bits per heavy atom. The second-order valence-corrected chi connectivity index (χ2v) is 10.2. The van der Waals surface area contributed by atoms with Gasteiger partial charge < -0.3 is 29.1 Å². The lowest BCUT2D eigenvalue weighted by molar-refractivity contribution is -0.158. The number of carboxylic acids is 1. The largest absolute Gasteiger partial charge is 0.497 e. The summed E-state index contributed by atoms with van der Waals surface area (Å²) in [6, 6.07) is 15.9. The van der Waals surface area contributed by atoms with Gasteiger partial charge in [0.2, 0.25) is 0 Å². The van der Waals surface area contributed by atoms with E-state index < -0.39 is 18.1 Å². The lowest BCUT2D eigenvalue weighted by atomic mass is 10.0. The number of carbonyl (C=O) groups is 2. The van der Waals surface area contributed by atoms with E-state index in [4.69, 9.17) is 30.9 Å². The highest BCUT2D eigenvalue weighted by atomic mass is 35.5. The van der Waals surface area contributed by atoms with Crippen LogP contribution < -0.4 is 24.0 Å². The number of halogens is 3. The van der Waals surface area contributed by atoms with Crippen LogP contribution in [0.1, 0.15) is 36.9 Å². The van der Waals surface area contributed by atoms with Crippen LogP contribution in [0, 0.1) is 0 Å². The third kappa shape index (κ3) is 7.58. The summed E-state index contributed by atoms with van der Waals surface area (Å²) >= 11 is 6.14. The van der Waals surface area contributed by atoms with Crippen molar-refractivity contribution in [2.75, 3.05) is 37.1 Å². The first-order valence-electron chi connectivity index (χ1n) is 13.0. The molecule has 0 saturated heterocycles. The molecule has 1 atom stereocenters. The predicted molar refractivity (Wildman–Crippen MR) is 152 cm³/mol. The number of hydrogen-bond acceptors (Lipinski definition) is 6. The molecule has 1 N–H and O–H groups in total. The van der Waals surface area contributed by atoms with Crippen LogP contribution in [-0.2, 0) is 16.0 Å². The molecule has 0 saturated carbocycles. The Hall–Kier alpha value is -4.05. The molecule has 1 aliphatic heterocycles. The van der Waals surface area contributed by atoms with E-state index in [1.165, 1.54) is 19.2 Å². The fourth-order valence-corrected chi connectivity index (χ4v) is 4.83. The van der Waals surface area contributed by atoms with E-state index >= 15 is 0 Å². The highest BCUT2D eigenvalue weighted by molar-refractivity contribution is 6.30. The SMILES string of the molecule is COc1cc(OCCCC(=O)O)cc(N(C)C(C(=O)N2CCc3ccc(OC(C)(F)F)cc32)c2ccc(Cl)cc2)c1. The van der Waals surface area contributed by atoms with E-state index in [1.54, 1.807) is 65.4 Å². The molecule has 3 aromatic rings. The van der Waals surface area contributed by atoms with E-state index in [-0.39, 0.29) is 24.7 Å². The number of ether oxygens (including phenoxy) is 3. The third-order valence-electron chi connectivity index (χ3n) is 6.63. The summed E-state index contributed by atoms with van der Waals surface area (Å²) in [7, 11) is 3.27. The average molecular weight is 589 g/mol. The zero-order chi connectivity index (χ0) is 29.7. The second kappa shape index (κ2) is 12.6. The molecular weight excluding hydrogens is 558 g/mol. The normalized spacial score (nSPS) is 13.4. The van der Waals surface area contributed by atoms with Crippen LogP contribution in [-0.4, -0.2) is 50.4 Å². The summed E-state index contributed by atoms with van der Waals surface area (Å²) in [6.07, 6.45) is -2.50. The minimum Gasteiger partial charge on any atom is -0.497 e. The third-order valence-corrected chi connectivity index (χ3v) is 6.89. The average Bonchev–Trinajstić information content (AvgIpc) is 3.34. The van der Waals surface area contributed by atoms with Gasteiger partial charge in [0, 0.05) is 61.9 Å². The van der Waals surface area contributed by atoms with Crippen molar-refractivity contribution in [1.82, 2.24) is 0 Å². The molecule has 1 amide bonds. The Balaban J connectivity index is 1.68. The Bertz CT molecular complexity index is 1400. The number of methoxy groups -OCH3 is 1. The number of carbonyl (C=O) groups excluding carboxylic acids is 1. The van der Waals surface area contributed by atoms with E-state index in [0.29, 0.717) is 59.8 Å². The van der Waals surface area contributed by atoms with E-state index in [1.807, 2.05) is 0 Å². The first-order valence-corrected chi connectivity index (χ1v) is 13.4. The number of amides is 1. The standard InChI is InChI=1S/C30H31ClF2N2O6/c1-30(32,33)41-23-11-8-19-12-13-35(26(19)18-23)29(38)28(20-6-9-21(31)10-7-20)34(2)22-15-24(39-3)17-25(16-22)40-14-4-5-27(36)37/h6-11,15-18,28H,4-5,12-14H2,1-3H3,(H,36,37). The van der Waals surface area contributed by atoms with Gasteiger partial charge in [-0.2, -0.15) is 8.78 Å². The zero-order valence-corrected chi connectivity index (χ0v) is 23.7. The highest BCUT2D eigenvalue weighted by Crippen LogP contribution is 2.38. The molecule has 1 aliphatic rings. The number of likely N-dealkylation sites (N-methyl/N-ethyl adjacent to an activating group) is 1. The predicted octanol–water partition coefficient (Wildman–Crippen LogP) is 6.35. The van der Waals surface area contributed by atoms with Gasteiger partial charge in [-0.1, -0.05) is 29.8 Å². The molecule has 11 heteroatoms. The monoisotopic (exact) mass is 588 g/mol. The van der Waals surface area contributed by atoms with Crippen molar-refractivity contribution in [3.8, 4) is 17.2 Å². The molecule has 0 bridgehead atoms. The Kier molecular flexibility index (Phi) is 9.22. The van der Waals surface area contributed by atoms with Gasteiger partial charge in [-0.25, -0.2) is 0 Å². The van der Waals surface area contributed by atoms with Crippen molar-refractivity contribution in [2.45, 2.75) is 38.3 Å². The molecule has 218 valence electrons. The molecule has 3 aromatic carbocycles. The maximum atomic E-state index is 14.3. The molecule has 4 rings (SSSR count). The van der Waals surface area contributed by atoms with Crippen LogP contribution in [0.2, 0.25) is 5.02 Å². The van der Waals surface area contributed by atoms with Gasteiger partial charge in [0.05, 0.1) is 19.4 Å².